The minimum Gasteiger partial charge on any atom is -0.492 e. The molecule has 0 aliphatic rings. The minimum absolute atomic E-state index is 0.00513. The Morgan fingerprint density at radius 2 is 1.79 bits per heavy atom. The quantitative estimate of drug-likeness (QED) is 0.421. The van der Waals surface area contributed by atoms with Crippen LogP contribution in [0.1, 0.15) is 42.1 Å². The molecule has 0 radical (unpaired) electrons. The first kappa shape index (κ1) is 18.2. The van der Waals surface area contributed by atoms with Gasteiger partial charge in [0.15, 0.2) is 5.78 Å². The maximum atomic E-state index is 11.6. The lowest BCUT2D eigenvalue weighted by Gasteiger charge is -2.20. The van der Waals surface area contributed by atoms with Crippen molar-refractivity contribution in [3.05, 3.63) is 65.7 Å². The number of benzene rings is 2. The van der Waals surface area contributed by atoms with Crippen molar-refractivity contribution in [2.24, 2.45) is 0 Å². The molecule has 2 atom stereocenters. The van der Waals surface area contributed by atoms with Gasteiger partial charge in [-0.2, -0.15) is 0 Å². The van der Waals surface area contributed by atoms with Crippen molar-refractivity contribution in [3.63, 3.8) is 0 Å². The van der Waals surface area contributed by atoms with Crippen molar-refractivity contribution in [1.82, 2.24) is 5.32 Å². The molecule has 2 unspecified atom stereocenters. The minimum atomic E-state index is -0.624. The van der Waals surface area contributed by atoms with E-state index in [2.05, 4.69) is 5.32 Å². The van der Waals surface area contributed by atoms with Gasteiger partial charge < -0.3 is 9.84 Å². The normalized spacial score (nSPS) is 13.3. The van der Waals surface area contributed by atoms with Gasteiger partial charge in [-0.25, -0.2) is 0 Å². The van der Waals surface area contributed by atoms with Gasteiger partial charge in [0.1, 0.15) is 18.6 Å². The standard InChI is InChI=1S/C20H25NO3/c1-3-19(22)17-9-11-18(12-10-17)24-14-13-21-20(23)15(2)16-7-5-4-6-8-16/h4-12,15,20-21,23H,3,13-14H2,1-2H3. The number of Topliss-reactive ketones (excluding diaryl/α,β-unsaturated/α-hetero) is 1. The van der Waals surface area contributed by atoms with Crippen molar-refractivity contribution in [2.75, 3.05) is 13.2 Å². The first-order valence-corrected chi connectivity index (χ1v) is 8.34. The van der Waals surface area contributed by atoms with E-state index < -0.39 is 6.23 Å². The Morgan fingerprint density at radius 3 is 2.42 bits per heavy atom. The van der Waals surface area contributed by atoms with Gasteiger partial charge in [-0.05, 0) is 29.8 Å². The van der Waals surface area contributed by atoms with Crippen LogP contribution in [0.2, 0.25) is 0 Å². The van der Waals surface area contributed by atoms with Crippen LogP contribution in [0, 0.1) is 0 Å². The highest BCUT2D eigenvalue weighted by Gasteiger charge is 2.14. The number of carbonyl (C=O) groups excluding carboxylic acids is 1. The number of ether oxygens (including phenoxy) is 1. The summed E-state index contributed by atoms with van der Waals surface area (Å²) < 4.78 is 5.63. The Hall–Kier alpha value is -2.17. The zero-order valence-corrected chi connectivity index (χ0v) is 14.2. The molecule has 0 aromatic heterocycles. The fourth-order valence-electron chi connectivity index (χ4n) is 2.43. The van der Waals surface area contributed by atoms with E-state index in [1.807, 2.05) is 44.2 Å². The van der Waals surface area contributed by atoms with Gasteiger partial charge >= 0.3 is 0 Å². The highest BCUT2D eigenvalue weighted by molar-refractivity contribution is 5.95. The van der Waals surface area contributed by atoms with E-state index in [1.54, 1.807) is 24.3 Å². The smallest absolute Gasteiger partial charge is 0.162 e. The van der Waals surface area contributed by atoms with Crippen LogP contribution in [0.3, 0.4) is 0 Å². The number of nitrogens with one attached hydrogen (secondary N) is 1. The molecule has 24 heavy (non-hydrogen) atoms. The molecular weight excluding hydrogens is 302 g/mol. The number of aliphatic hydroxyl groups excluding tert-OH is 1. The predicted octanol–water partition coefficient (Wildman–Crippen LogP) is 3.37. The number of hydrogen-bond donors (Lipinski definition) is 2. The van der Waals surface area contributed by atoms with Crippen molar-refractivity contribution >= 4 is 5.78 Å². The number of aliphatic hydroxyl groups is 1. The van der Waals surface area contributed by atoms with Gasteiger partial charge in [-0.1, -0.05) is 44.2 Å². The van der Waals surface area contributed by atoms with Gasteiger partial charge in [-0.15, -0.1) is 0 Å². The molecule has 0 amide bonds. The van der Waals surface area contributed by atoms with Crippen LogP contribution in [0.25, 0.3) is 0 Å². The van der Waals surface area contributed by atoms with E-state index in [9.17, 15) is 9.90 Å². The maximum absolute atomic E-state index is 11.6. The van der Waals surface area contributed by atoms with Crippen LogP contribution in [0.4, 0.5) is 0 Å². The van der Waals surface area contributed by atoms with E-state index in [-0.39, 0.29) is 11.7 Å². The summed E-state index contributed by atoms with van der Waals surface area (Å²) >= 11 is 0. The van der Waals surface area contributed by atoms with E-state index in [4.69, 9.17) is 4.74 Å². The van der Waals surface area contributed by atoms with Crippen LogP contribution < -0.4 is 10.1 Å². The summed E-state index contributed by atoms with van der Waals surface area (Å²) in [6.07, 6.45) is -0.123. The monoisotopic (exact) mass is 327 g/mol. The fourth-order valence-corrected chi connectivity index (χ4v) is 2.43. The maximum Gasteiger partial charge on any atom is 0.162 e. The third kappa shape index (κ3) is 5.18. The Bertz CT molecular complexity index is 625. The SMILES string of the molecule is CCC(=O)c1ccc(OCCNC(O)C(C)c2ccccc2)cc1. The predicted molar refractivity (Wildman–Crippen MR) is 95.4 cm³/mol. The zero-order valence-electron chi connectivity index (χ0n) is 14.2. The second kappa shape index (κ2) is 9.21. The van der Waals surface area contributed by atoms with Gasteiger partial charge in [0, 0.05) is 24.4 Å². The topological polar surface area (TPSA) is 58.6 Å². The fraction of sp³-hybridized carbons (Fsp3) is 0.350. The molecule has 2 rings (SSSR count). The van der Waals surface area contributed by atoms with Crippen molar-refractivity contribution in [2.45, 2.75) is 32.4 Å². The molecule has 4 nitrogen and oxygen atoms in total. The first-order valence-electron chi connectivity index (χ1n) is 8.34. The number of ketones is 1. The van der Waals surface area contributed by atoms with Crippen molar-refractivity contribution < 1.29 is 14.6 Å². The highest BCUT2D eigenvalue weighted by Crippen LogP contribution is 2.17. The Kier molecular flexibility index (Phi) is 6.97. The highest BCUT2D eigenvalue weighted by atomic mass is 16.5. The summed E-state index contributed by atoms with van der Waals surface area (Å²) in [6, 6.07) is 17.1. The van der Waals surface area contributed by atoms with E-state index >= 15 is 0 Å². The third-order valence-corrected chi connectivity index (χ3v) is 4.02. The molecular formula is C20H25NO3. The molecule has 0 heterocycles. The van der Waals surface area contributed by atoms with Gasteiger partial charge in [0.25, 0.3) is 0 Å². The molecule has 0 saturated carbocycles. The molecule has 0 fully saturated rings. The summed E-state index contributed by atoms with van der Waals surface area (Å²) in [5.41, 5.74) is 1.80. The average molecular weight is 327 g/mol. The third-order valence-electron chi connectivity index (χ3n) is 4.02. The molecule has 2 aromatic carbocycles. The van der Waals surface area contributed by atoms with Crippen LogP contribution in [-0.2, 0) is 0 Å². The number of rotatable bonds is 9. The Morgan fingerprint density at radius 1 is 1.12 bits per heavy atom. The molecule has 0 bridgehead atoms. The molecule has 0 aliphatic heterocycles. The second-order valence-electron chi connectivity index (χ2n) is 5.75. The lowest BCUT2D eigenvalue weighted by molar-refractivity contribution is 0.0987. The first-order chi connectivity index (χ1) is 11.6. The largest absolute Gasteiger partial charge is 0.492 e. The van der Waals surface area contributed by atoms with Crippen molar-refractivity contribution in [1.29, 1.82) is 0 Å². The van der Waals surface area contributed by atoms with Gasteiger partial charge in [0.05, 0.1) is 0 Å². The summed E-state index contributed by atoms with van der Waals surface area (Å²) in [7, 11) is 0. The lowest BCUT2D eigenvalue weighted by atomic mass is 10.00. The molecule has 2 N–H and O–H groups in total. The Balaban J connectivity index is 1.73. The van der Waals surface area contributed by atoms with Crippen LogP contribution >= 0.6 is 0 Å². The van der Waals surface area contributed by atoms with Crippen LogP contribution in [0.5, 0.6) is 5.75 Å². The molecule has 0 spiro atoms. The molecule has 2 aromatic rings. The van der Waals surface area contributed by atoms with E-state index in [1.165, 1.54) is 0 Å². The second-order valence-corrected chi connectivity index (χ2v) is 5.75. The molecule has 128 valence electrons. The van der Waals surface area contributed by atoms with Crippen molar-refractivity contribution in [3.8, 4) is 5.75 Å². The molecule has 0 aliphatic carbocycles. The van der Waals surface area contributed by atoms with Crippen LogP contribution in [0.15, 0.2) is 54.6 Å². The van der Waals surface area contributed by atoms with Crippen LogP contribution in [-0.4, -0.2) is 30.3 Å². The number of hydrogen-bond acceptors (Lipinski definition) is 4. The van der Waals surface area contributed by atoms with E-state index in [0.29, 0.717) is 25.1 Å². The summed E-state index contributed by atoms with van der Waals surface area (Å²) in [5, 5.41) is 13.3. The summed E-state index contributed by atoms with van der Waals surface area (Å²) in [5.74, 6) is 0.849. The lowest BCUT2D eigenvalue weighted by Crippen LogP contribution is -2.36. The average Bonchev–Trinajstić information content (AvgIpc) is 2.65. The van der Waals surface area contributed by atoms with Gasteiger partial charge in [0.2, 0.25) is 0 Å². The zero-order chi connectivity index (χ0) is 17.4. The number of carbonyl (C=O) groups is 1. The van der Waals surface area contributed by atoms with E-state index in [0.717, 1.165) is 11.3 Å². The summed E-state index contributed by atoms with van der Waals surface area (Å²) in [4.78, 5) is 11.6. The summed E-state index contributed by atoms with van der Waals surface area (Å²) in [6.45, 7) is 4.81. The Labute approximate surface area is 143 Å². The molecule has 4 heteroatoms. The molecule has 0 saturated heterocycles. The van der Waals surface area contributed by atoms with Gasteiger partial charge in [-0.3, -0.25) is 10.1 Å².